The van der Waals surface area contributed by atoms with E-state index in [9.17, 15) is 14.4 Å². The van der Waals surface area contributed by atoms with Crippen LogP contribution in [0.25, 0.3) is 5.00 Å². The van der Waals surface area contributed by atoms with Crippen LogP contribution in [0.15, 0.2) is 77.8 Å². The predicted molar refractivity (Wildman–Crippen MR) is 203 cm³/mol. The second-order valence-corrected chi connectivity index (χ2v) is 15.1. The van der Waals surface area contributed by atoms with Gasteiger partial charge in [0, 0.05) is 26.6 Å². The Hall–Kier alpha value is -5.33. The number of anilines is 2. The standard InChI is InChI=1S/C39H39ClN6O5S/c1-21-23(3)52-37-33(21)34(26-16-18-28(40)19-17-26)41-31(35-45-44-24(4)46(35)37)20-32(47)50-22(2)25-12-14-27(15-13-25)36(48)42-29-10-8-9-11-30(29)43-38(49)51-39(5,6)7/h8-19,22,31H,20H2,1-7H3,(H,42,48)(H,43,49)/t22-,31+/m1/s1. The van der Waals surface area contributed by atoms with Crippen molar-refractivity contribution < 1.29 is 23.9 Å². The maximum atomic E-state index is 13.5. The molecule has 2 aromatic heterocycles. The van der Waals surface area contributed by atoms with Crippen molar-refractivity contribution in [2.75, 3.05) is 10.6 Å². The van der Waals surface area contributed by atoms with Crippen molar-refractivity contribution in [3.8, 4) is 5.00 Å². The average molecular weight is 739 g/mol. The predicted octanol–water partition coefficient (Wildman–Crippen LogP) is 9.09. The lowest BCUT2D eigenvalue weighted by Crippen LogP contribution is -2.27. The number of nitrogens with one attached hydrogen (secondary N) is 2. The molecule has 0 spiro atoms. The first-order valence-corrected chi connectivity index (χ1v) is 17.9. The van der Waals surface area contributed by atoms with Gasteiger partial charge >= 0.3 is 12.1 Å². The molecule has 3 heterocycles. The fourth-order valence-electron chi connectivity index (χ4n) is 5.82. The number of carbonyl (C=O) groups excluding carboxylic acids is 3. The minimum absolute atomic E-state index is 0.0657. The van der Waals surface area contributed by atoms with E-state index in [0.717, 1.165) is 32.3 Å². The summed E-state index contributed by atoms with van der Waals surface area (Å²) in [7, 11) is 0. The minimum atomic E-state index is -0.673. The van der Waals surface area contributed by atoms with Gasteiger partial charge in [-0.25, -0.2) is 4.79 Å². The Balaban J connectivity index is 1.17. The summed E-state index contributed by atoms with van der Waals surface area (Å²) >= 11 is 7.87. The van der Waals surface area contributed by atoms with Gasteiger partial charge in [-0.05, 0) is 96.0 Å². The zero-order valence-corrected chi connectivity index (χ0v) is 31.5. The summed E-state index contributed by atoms with van der Waals surface area (Å²) in [5, 5.41) is 15.9. The van der Waals surface area contributed by atoms with Gasteiger partial charge in [0.2, 0.25) is 0 Å². The van der Waals surface area contributed by atoms with E-state index >= 15 is 0 Å². The number of carbonyl (C=O) groups is 3. The number of rotatable bonds is 8. The number of fused-ring (bicyclic) bond motifs is 3. The second kappa shape index (κ2) is 14.7. The largest absolute Gasteiger partial charge is 0.458 e. The number of hydrogen-bond acceptors (Lipinski definition) is 9. The Morgan fingerprint density at radius 1 is 0.923 bits per heavy atom. The fourth-order valence-corrected chi connectivity index (χ4v) is 7.16. The van der Waals surface area contributed by atoms with Crippen molar-refractivity contribution in [3.63, 3.8) is 0 Å². The van der Waals surface area contributed by atoms with Gasteiger partial charge in [-0.3, -0.25) is 24.5 Å². The minimum Gasteiger partial charge on any atom is -0.458 e. The maximum absolute atomic E-state index is 13.5. The van der Waals surface area contributed by atoms with E-state index in [1.54, 1.807) is 87.6 Å². The highest BCUT2D eigenvalue weighted by Gasteiger charge is 2.33. The van der Waals surface area contributed by atoms with Crippen molar-refractivity contribution in [3.05, 3.63) is 122 Å². The molecule has 268 valence electrons. The summed E-state index contributed by atoms with van der Waals surface area (Å²) in [4.78, 5) is 45.4. The first-order valence-electron chi connectivity index (χ1n) is 16.7. The lowest BCUT2D eigenvalue weighted by molar-refractivity contribution is -0.149. The van der Waals surface area contributed by atoms with Crippen LogP contribution in [-0.4, -0.2) is 44.0 Å². The second-order valence-electron chi connectivity index (χ2n) is 13.5. The van der Waals surface area contributed by atoms with E-state index in [-0.39, 0.29) is 12.3 Å². The number of amides is 2. The number of aromatic nitrogens is 3. The van der Waals surface area contributed by atoms with Gasteiger partial charge in [0.25, 0.3) is 5.91 Å². The van der Waals surface area contributed by atoms with Gasteiger partial charge in [-0.2, -0.15) is 0 Å². The molecule has 5 aromatic rings. The van der Waals surface area contributed by atoms with Crippen molar-refractivity contribution in [2.24, 2.45) is 4.99 Å². The van der Waals surface area contributed by atoms with Crippen molar-refractivity contribution in [1.82, 2.24) is 14.8 Å². The molecule has 6 rings (SSSR count). The van der Waals surface area contributed by atoms with Gasteiger partial charge in [0.05, 0.1) is 23.5 Å². The number of benzene rings is 3. The van der Waals surface area contributed by atoms with E-state index < -0.39 is 29.8 Å². The smallest absolute Gasteiger partial charge is 0.412 e. The number of para-hydroxylation sites is 2. The molecule has 0 unspecified atom stereocenters. The zero-order valence-electron chi connectivity index (χ0n) is 29.9. The Morgan fingerprint density at radius 3 is 2.23 bits per heavy atom. The molecule has 3 aromatic carbocycles. The molecular formula is C39H39ClN6O5S. The quantitative estimate of drug-likeness (QED) is 0.152. The van der Waals surface area contributed by atoms with Gasteiger partial charge in [-0.15, -0.1) is 21.5 Å². The molecule has 1 aliphatic rings. The van der Waals surface area contributed by atoms with Crippen molar-refractivity contribution >= 4 is 58.0 Å². The third-order valence-electron chi connectivity index (χ3n) is 8.48. The topological polar surface area (TPSA) is 137 Å². The lowest BCUT2D eigenvalue weighted by Gasteiger charge is -2.20. The number of aryl methyl sites for hydroxylation is 2. The molecule has 0 saturated carbocycles. The number of halogens is 1. The van der Waals surface area contributed by atoms with Crippen molar-refractivity contribution in [1.29, 1.82) is 0 Å². The van der Waals surface area contributed by atoms with Gasteiger partial charge in [0.15, 0.2) is 5.82 Å². The zero-order chi connectivity index (χ0) is 37.3. The van der Waals surface area contributed by atoms with Gasteiger partial charge in [0.1, 0.15) is 28.6 Å². The summed E-state index contributed by atoms with van der Waals surface area (Å²) in [6.45, 7) is 13.1. The molecule has 2 atom stereocenters. The molecule has 0 bridgehead atoms. The first-order chi connectivity index (χ1) is 24.7. The highest BCUT2D eigenvalue weighted by molar-refractivity contribution is 7.15. The van der Waals surface area contributed by atoms with Crippen LogP contribution in [0.4, 0.5) is 16.2 Å². The molecule has 0 aliphatic carbocycles. The Kier molecular flexibility index (Phi) is 10.3. The fraction of sp³-hybridized carbons (Fsp3) is 0.282. The van der Waals surface area contributed by atoms with Crippen molar-refractivity contribution in [2.45, 2.75) is 72.6 Å². The summed E-state index contributed by atoms with van der Waals surface area (Å²) in [6.07, 6.45) is -1.31. The van der Waals surface area contributed by atoms with Crippen LogP contribution in [0.5, 0.6) is 0 Å². The van der Waals surface area contributed by atoms with Crippen LogP contribution in [-0.2, 0) is 14.3 Å². The van der Waals surface area contributed by atoms with Crippen LogP contribution in [0.3, 0.4) is 0 Å². The first kappa shape index (κ1) is 36.5. The van der Waals surface area contributed by atoms with E-state index in [1.165, 1.54) is 0 Å². The third-order valence-corrected chi connectivity index (χ3v) is 9.92. The van der Waals surface area contributed by atoms with Crippen LogP contribution in [0.1, 0.15) is 95.4 Å². The molecule has 52 heavy (non-hydrogen) atoms. The van der Waals surface area contributed by atoms with Crippen LogP contribution < -0.4 is 10.6 Å². The third kappa shape index (κ3) is 7.93. The number of hydrogen-bond donors (Lipinski definition) is 2. The number of ether oxygens (including phenoxy) is 2. The number of nitrogens with zero attached hydrogens (tertiary/aromatic N) is 4. The average Bonchev–Trinajstić information content (AvgIpc) is 3.56. The summed E-state index contributed by atoms with van der Waals surface area (Å²) < 4.78 is 13.2. The molecule has 2 amide bonds. The SMILES string of the molecule is Cc1sc2c(c1C)C(c1ccc(Cl)cc1)=N[C@@H](CC(=O)O[C@H](C)c1ccc(C(=O)Nc3ccccc3NC(=O)OC(C)(C)C)cc1)c1nnc(C)n1-2. The van der Waals surface area contributed by atoms with E-state index in [0.29, 0.717) is 39.2 Å². The summed E-state index contributed by atoms with van der Waals surface area (Å²) in [5.41, 5.74) is 4.93. The lowest BCUT2D eigenvalue weighted by atomic mass is 9.99. The Morgan fingerprint density at radius 2 is 1.58 bits per heavy atom. The number of aliphatic imine (C=N–C) groups is 1. The van der Waals surface area contributed by atoms with E-state index in [2.05, 4.69) is 34.7 Å². The molecule has 11 nitrogen and oxygen atoms in total. The van der Waals surface area contributed by atoms with Gasteiger partial charge < -0.3 is 14.8 Å². The normalized spacial score (nSPS) is 14.3. The summed E-state index contributed by atoms with van der Waals surface area (Å²) in [5.74, 6) is 0.421. The maximum Gasteiger partial charge on any atom is 0.412 e. The molecule has 13 heteroatoms. The van der Waals surface area contributed by atoms with Gasteiger partial charge in [-0.1, -0.05) is 48.0 Å². The van der Waals surface area contributed by atoms with E-state index in [1.807, 2.05) is 35.8 Å². The van der Waals surface area contributed by atoms with Crippen LogP contribution >= 0.6 is 22.9 Å². The molecule has 0 radical (unpaired) electrons. The van der Waals surface area contributed by atoms with E-state index in [4.69, 9.17) is 26.1 Å². The van der Waals surface area contributed by atoms with Crippen LogP contribution in [0.2, 0.25) is 5.02 Å². The molecule has 2 N–H and O–H groups in total. The monoisotopic (exact) mass is 738 g/mol. The number of esters is 1. The highest BCUT2D eigenvalue weighted by Crippen LogP contribution is 2.40. The molecular weight excluding hydrogens is 700 g/mol. The Labute approximate surface area is 311 Å². The molecule has 1 aliphatic heterocycles. The Bertz CT molecular complexity index is 2180. The summed E-state index contributed by atoms with van der Waals surface area (Å²) in [6, 6.07) is 20.5. The molecule has 0 saturated heterocycles. The number of thiophene rings is 1. The van der Waals surface area contributed by atoms with Crippen LogP contribution in [0, 0.1) is 20.8 Å². The molecule has 0 fully saturated rings. The highest BCUT2D eigenvalue weighted by atomic mass is 35.5.